The summed E-state index contributed by atoms with van der Waals surface area (Å²) in [5, 5.41) is 0. The maximum atomic E-state index is 12.4. The lowest BCUT2D eigenvalue weighted by molar-refractivity contribution is -0.123. The van der Waals surface area contributed by atoms with Gasteiger partial charge in [0.05, 0.1) is 7.11 Å². The Balaban J connectivity index is 2.09. The molecule has 3 nitrogen and oxygen atoms in total. The molecule has 4 heteroatoms. The summed E-state index contributed by atoms with van der Waals surface area (Å²) in [6, 6.07) is 5.74. The molecule has 1 aliphatic carbocycles. The zero-order valence-electron chi connectivity index (χ0n) is 11.2. The van der Waals surface area contributed by atoms with Crippen LogP contribution in [0.25, 0.3) is 0 Å². The van der Waals surface area contributed by atoms with Crippen molar-refractivity contribution in [2.75, 3.05) is 7.11 Å². The first kappa shape index (κ1) is 14.5. The number of nitrogens with two attached hydrogens (primary N) is 1. The van der Waals surface area contributed by atoms with Gasteiger partial charge < -0.3 is 10.5 Å². The predicted molar refractivity (Wildman–Crippen MR) is 79.3 cm³/mol. The first-order valence-corrected chi connectivity index (χ1v) is 7.52. The first-order valence-electron chi connectivity index (χ1n) is 6.72. The van der Waals surface area contributed by atoms with Crippen molar-refractivity contribution in [3.63, 3.8) is 0 Å². The maximum Gasteiger partial charge on any atom is 0.141 e. The van der Waals surface area contributed by atoms with E-state index in [4.69, 9.17) is 10.5 Å². The number of hydrogen-bond acceptors (Lipinski definition) is 3. The van der Waals surface area contributed by atoms with Crippen LogP contribution in [0.2, 0.25) is 0 Å². The number of ketones is 1. The fraction of sp³-hybridized carbons (Fsp3) is 0.533. The van der Waals surface area contributed by atoms with Gasteiger partial charge in [0.15, 0.2) is 0 Å². The number of carbonyl (C=O) groups is 1. The zero-order chi connectivity index (χ0) is 13.8. The Bertz CT molecular complexity index is 461. The Morgan fingerprint density at radius 2 is 2.16 bits per heavy atom. The molecule has 0 aromatic heterocycles. The molecule has 2 atom stereocenters. The Morgan fingerprint density at radius 3 is 2.84 bits per heavy atom. The molecule has 0 radical (unpaired) electrons. The number of halogens is 1. The van der Waals surface area contributed by atoms with Gasteiger partial charge in [-0.05, 0) is 36.6 Å². The molecular weight excluding hydrogens is 306 g/mol. The highest BCUT2D eigenvalue weighted by atomic mass is 79.9. The molecule has 1 aromatic carbocycles. The van der Waals surface area contributed by atoms with Crippen molar-refractivity contribution in [1.29, 1.82) is 0 Å². The van der Waals surface area contributed by atoms with E-state index in [1.807, 2.05) is 18.2 Å². The Kier molecular flexibility index (Phi) is 4.99. The smallest absolute Gasteiger partial charge is 0.141 e. The summed E-state index contributed by atoms with van der Waals surface area (Å²) in [7, 11) is 1.63. The van der Waals surface area contributed by atoms with Gasteiger partial charge in [-0.3, -0.25) is 4.79 Å². The Morgan fingerprint density at radius 1 is 1.42 bits per heavy atom. The Labute approximate surface area is 122 Å². The molecule has 0 bridgehead atoms. The second-order valence-electron chi connectivity index (χ2n) is 5.16. The van der Waals surface area contributed by atoms with Crippen molar-refractivity contribution >= 4 is 21.7 Å². The molecule has 1 aliphatic rings. The largest absolute Gasteiger partial charge is 0.497 e. The Hall–Kier alpha value is -0.870. The maximum absolute atomic E-state index is 12.4. The molecule has 2 unspecified atom stereocenters. The topological polar surface area (TPSA) is 52.3 Å². The van der Waals surface area contributed by atoms with Crippen LogP contribution in [0.3, 0.4) is 0 Å². The van der Waals surface area contributed by atoms with Crippen LogP contribution in [0.15, 0.2) is 22.7 Å². The second kappa shape index (κ2) is 6.53. The van der Waals surface area contributed by atoms with E-state index < -0.39 is 0 Å². The van der Waals surface area contributed by atoms with Crippen molar-refractivity contribution in [3.05, 3.63) is 28.2 Å². The molecular formula is C15H20BrNO2. The minimum atomic E-state index is 0.0202. The highest BCUT2D eigenvalue weighted by molar-refractivity contribution is 9.10. The third kappa shape index (κ3) is 3.57. The summed E-state index contributed by atoms with van der Waals surface area (Å²) in [5.41, 5.74) is 7.04. The minimum absolute atomic E-state index is 0.0202. The predicted octanol–water partition coefficient (Wildman–Crippen LogP) is 3.09. The molecule has 0 amide bonds. The summed E-state index contributed by atoms with van der Waals surface area (Å²) < 4.78 is 6.15. The van der Waals surface area contributed by atoms with Gasteiger partial charge in [0.25, 0.3) is 0 Å². The van der Waals surface area contributed by atoms with Gasteiger partial charge in [-0.15, -0.1) is 0 Å². The van der Waals surface area contributed by atoms with E-state index in [-0.39, 0.29) is 17.7 Å². The normalized spacial score (nSPS) is 23.1. The van der Waals surface area contributed by atoms with Crippen LogP contribution in [-0.4, -0.2) is 18.9 Å². The average Bonchev–Trinajstić information content (AvgIpc) is 2.41. The number of ether oxygens (including phenoxy) is 1. The highest BCUT2D eigenvalue weighted by Gasteiger charge is 2.28. The van der Waals surface area contributed by atoms with Crippen molar-refractivity contribution in [2.45, 2.75) is 38.1 Å². The standard InChI is InChI=1S/C15H20BrNO2/c1-19-11-6-7-13(16)10(8-11)9-15(18)12-4-2-3-5-14(12)17/h6-8,12,14H,2-5,9,17H2,1H3. The van der Waals surface area contributed by atoms with E-state index in [1.165, 1.54) is 0 Å². The molecule has 1 aromatic rings. The molecule has 104 valence electrons. The van der Waals surface area contributed by atoms with Crippen LogP contribution in [0, 0.1) is 5.92 Å². The van der Waals surface area contributed by atoms with E-state index >= 15 is 0 Å². The average molecular weight is 326 g/mol. The van der Waals surface area contributed by atoms with E-state index in [2.05, 4.69) is 15.9 Å². The molecule has 0 spiro atoms. The molecule has 1 saturated carbocycles. The summed E-state index contributed by atoms with van der Waals surface area (Å²) in [6.07, 6.45) is 4.59. The van der Waals surface area contributed by atoms with Crippen molar-refractivity contribution in [1.82, 2.24) is 0 Å². The van der Waals surface area contributed by atoms with Gasteiger partial charge in [0, 0.05) is 22.9 Å². The van der Waals surface area contributed by atoms with Crippen LogP contribution >= 0.6 is 15.9 Å². The molecule has 1 fully saturated rings. The molecule has 19 heavy (non-hydrogen) atoms. The SMILES string of the molecule is COc1ccc(Br)c(CC(=O)C2CCCCC2N)c1. The summed E-state index contributed by atoms with van der Waals surface area (Å²) in [4.78, 5) is 12.4. The first-order chi connectivity index (χ1) is 9.11. The lowest BCUT2D eigenvalue weighted by atomic mass is 9.81. The molecule has 2 N–H and O–H groups in total. The van der Waals surface area contributed by atoms with Crippen LogP contribution in [0.5, 0.6) is 5.75 Å². The number of rotatable bonds is 4. The minimum Gasteiger partial charge on any atom is -0.497 e. The van der Waals surface area contributed by atoms with E-state index in [0.29, 0.717) is 6.42 Å². The lowest BCUT2D eigenvalue weighted by Crippen LogP contribution is -2.38. The number of hydrogen-bond donors (Lipinski definition) is 1. The van der Waals surface area contributed by atoms with Crippen LogP contribution in [0.4, 0.5) is 0 Å². The van der Waals surface area contributed by atoms with Crippen LogP contribution in [0.1, 0.15) is 31.2 Å². The summed E-state index contributed by atoms with van der Waals surface area (Å²) >= 11 is 3.49. The quantitative estimate of drug-likeness (QED) is 0.925. The molecule has 2 rings (SSSR count). The number of benzene rings is 1. The van der Waals surface area contributed by atoms with Gasteiger partial charge in [0.2, 0.25) is 0 Å². The number of methoxy groups -OCH3 is 1. The van der Waals surface area contributed by atoms with Gasteiger partial charge >= 0.3 is 0 Å². The third-order valence-electron chi connectivity index (χ3n) is 3.85. The van der Waals surface area contributed by atoms with Crippen molar-refractivity contribution in [3.8, 4) is 5.75 Å². The van der Waals surface area contributed by atoms with E-state index in [9.17, 15) is 4.79 Å². The van der Waals surface area contributed by atoms with Gasteiger partial charge in [-0.2, -0.15) is 0 Å². The monoisotopic (exact) mass is 325 g/mol. The van der Waals surface area contributed by atoms with E-state index in [0.717, 1.165) is 41.5 Å². The van der Waals surface area contributed by atoms with Crippen molar-refractivity contribution in [2.24, 2.45) is 11.7 Å². The number of Topliss-reactive ketones (excluding diaryl/α,β-unsaturated/α-hetero) is 1. The lowest BCUT2D eigenvalue weighted by Gasteiger charge is -2.27. The molecule has 0 heterocycles. The summed E-state index contributed by atoms with van der Waals surface area (Å²) in [6.45, 7) is 0. The van der Waals surface area contributed by atoms with Gasteiger partial charge in [-0.25, -0.2) is 0 Å². The zero-order valence-corrected chi connectivity index (χ0v) is 12.8. The van der Waals surface area contributed by atoms with Gasteiger partial charge in [-0.1, -0.05) is 28.8 Å². The molecule has 0 aliphatic heterocycles. The van der Waals surface area contributed by atoms with Crippen LogP contribution in [-0.2, 0) is 11.2 Å². The highest BCUT2D eigenvalue weighted by Crippen LogP contribution is 2.28. The molecule has 0 saturated heterocycles. The van der Waals surface area contributed by atoms with Crippen LogP contribution < -0.4 is 10.5 Å². The second-order valence-corrected chi connectivity index (χ2v) is 6.01. The third-order valence-corrected chi connectivity index (χ3v) is 4.62. The fourth-order valence-corrected chi connectivity index (χ4v) is 3.08. The van der Waals surface area contributed by atoms with Gasteiger partial charge in [0.1, 0.15) is 11.5 Å². The number of carbonyl (C=O) groups excluding carboxylic acids is 1. The fourth-order valence-electron chi connectivity index (χ4n) is 2.69. The van der Waals surface area contributed by atoms with Crippen molar-refractivity contribution < 1.29 is 9.53 Å². The summed E-state index contributed by atoms with van der Waals surface area (Å²) in [5.74, 6) is 1.05. The van der Waals surface area contributed by atoms with E-state index in [1.54, 1.807) is 7.11 Å².